The van der Waals surface area contributed by atoms with Crippen molar-refractivity contribution in [2.45, 2.75) is 13.8 Å². The molecule has 0 aromatic heterocycles. The van der Waals surface area contributed by atoms with Gasteiger partial charge in [-0.3, -0.25) is 0 Å². The number of thioether (sulfide) groups is 1. The fourth-order valence-corrected chi connectivity index (χ4v) is 0.744. The Bertz CT molecular complexity index is 48.1. The van der Waals surface area contributed by atoms with Gasteiger partial charge in [-0.25, -0.2) is 0 Å². The number of allylic oxidation sites excluding steroid dienone is 1. The minimum atomic E-state index is 1.12. The molecule has 0 aromatic carbocycles. The molecule has 0 saturated carbocycles. The summed E-state index contributed by atoms with van der Waals surface area (Å²) in [6.07, 6.45) is 4.21. The van der Waals surface area contributed by atoms with E-state index in [2.05, 4.69) is 17.9 Å². The van der Waals surface area contributed by atoms with E-state index in [0.717, 1.165) is 5.75 Å². The van der Waals surface area contributed by atoms with E-state index in [1.165, 1.54) is 0 Å². The standard InChI is InChI=1S/C6H11S/c1-3-5-6-7-4-2/h3-5H,6H2,1-2H3/b5-3+. The Kier molecular flexibility index (Phi) is 6.17. The first-order valence-electron chi connectivity index (χ1n) is 2.42. The SMILES string of the molecule is C[CH]SC/C=C/C. The molecule has 0 aliphatic rings. The maximum Gasteiger partial charge on any atom is 0.0138 e. The Labute approximate surface area is 50.0 Å². The molecule has 0 aliphatic heterocycles. The highest BCUT2D eigenvalue weighted by Crippen LogP contribution is 2.02. The van der Waals surface area contributed by atoms with Crippen LogP contribution in [0.4, 0.5) is 0 Å². The lowest BCUT2D eigenvalue weighted by molar-refractivity contribution is 1.64. The van der Waals surface area contributed by atoms with Gasteiger partial charge >= 0.3 is 0 Å². The van der Waals surface area contributed by atoms with Crippen LogP contribution >= 0.6 is 11.8 Å². The van der Waals surface area contributed by atoms with Gasteiger partial charge in [0.05, 0.1) is 0 Å². The van der Waals surface area contributed by atoms with Crippen molar-refractivity contribution in [2.75, 3.05) is 5.75 Å². The van der Waals surface area contributed by atoms with Crippen LogP contribution in [0.25, 0.3) is 0 Å². The van der Waals surface area contributed by atoms with Crippen LogP contribution in [0, 0.1) is 5.75 Å². The molecule has 41 valence electrons. The van der Waals surface area contributed by atoms with Crippen LogP contribution in [0.5, 0.6) is 0 Å². The zero-order chi connectivity index (χ0) is 5.54. The lowest BCUT2D eigenvalue weighted by atomic mass is 10.6. The predicted molar refractivity (Wildman–Crippen MR) is 37.2 cm³/mol. The summed E-state index contributed by atoms with van der Waals surface area (Å²) in [7, 11) is 0. The number of rotatable bonds is 3. The Balaban J connectivity index is 2.69. The lowest BCUT2D eigenvalue weighted by Crippen LogP contribution is -1.63. The van der Waals surface area contributed by atoms with Crippen molar-refractivity contribution in [3.8, 4) is 0 Å². The first kappa shape index (κ1) is 7.09. The molecule has 0 spiro atoms. The molecule has 0 heterocycles. The molecule has 7 heavy (non-hydrogen) atoms. The minimum absolute atomic E-state index is 1.12. The van der Waals surface area contributed by atoms with Gasteiger partial charge in [0.25, 0.3) is 0 Å². The second kappa shape index (κ2) is 6.09. The van der Waals surface area contributed by atoms with Crippen LogP contribution in [0.15, 0.2) is 12.2 Å². The topological polar surface area (TPSA) is 0 Å². The van der Waals surface area contributed by atoms with E-state index < -0.39 is 0 Å². The summed E-state index contributed by atoms with van der Waals surface area (Å²) in [5.74, 6) is 3.22. The van der Waals surface area contributed by atoms with Crippen LogP contribution in [0.1, 0.15) is 13.8 Å². The van der Waals surface area contributed by atoms with E-state index in [9.17, 15) is 0 Å². The first-order chi connectivity index (χ1) is 3.41. The van der Waals surface area contributed by atoms with E-state index in [-0.39, 0.29) is 0 Å². The van der Waals surface area contributed by atoms with Crippen molar-refractivity contribution in [2.24, 2.45) is 0 Å². The highest BCUT2D eigenvalue weighted by molar-refractivity contribution is 8.01. The van der Waals surface area contributed by atoms with Gasteiger partial charge in [-0.15, -0.1) is 0 Å². The van der Waals surface area contributed by atoms with Crippen molar-refractivity contribution in [1.29, 1.82) is 0 Å². The van der Waals surface area contributed by atoms with Crippen LogP contribution < -0.4 is 0 Å². The highest BCUT2D eigenvalue weighted by Gasteiger charge is 1.73. The smallest absolute Gasteiger partial charge is 0.0138 e. The molecule has 0 fully saturated rings. The highest BCUT2D eigenvalue weighted by atomic mass is 32.2. The molecule has 0 saturated heterocycles. The molecular formula is C6H11S. The molecule has 0 aromatic rings. The quantitative estimate of drug-likeness (QED) is 0.402. The summed E-state index contributed by atoms with van der Waals surface area (Å²) in [6.45, 7) is 4.09. The molecule has 0 rings (SSSR count). The average molecular weight is 115 g/mol. The molecule has 0 amide bonds. The fraction of sp³-hybridized carbons (Fsp3) is 0.500. The van der Waals surface area contributed by atoms with E-state index in [1.807, 2.05) is 25.6 Å². The van der Waals surface area contributed by atoms with Crippen LogP contribution in [-0.4, -0.2) is 5.75 Å². The van der Waals surface area contributed by atoms with Crippen molar-refractivity contribution in [3.05, 3.63) is 17.9 Å². The van der Waals surface area contributed by atoms with Gasteiger partial charge in [0.2, 0.25) is 0 Å². The van der Waals surface area contributed by atoms with Crippen LogP contribution in [0.3, 0.4) is 0 Å². The normalized spacial score (nSPS) is 10.6. The van der Waals surface area contributed by atoms with Crippen molar-refractivity contribution in [3.63, 3.8) is 0 Å². The van der Waals surface area contributed by atoms with Gasteiger partial charge in [0.1, 0.15) is 0 Å². The molecule has 1 radical (unpaired) electrons. The minimum Gasteiger partial charge on any atom is -0.154 e. The molecule has 0 nitrogen and oxygen atoms in total. The Hall–Kier alpha value is 0.0900. The maximum atomic E-state index is 2.14. The molecule has 0 atom stereocenters. The first-order valence-corrected chi connectivity index (χ1v) is 3.47. The fourth-order valence-electron chi connectivity index (χ4n) is 0.248. The summed E-state index contributed by atoms with van der Waals surface area (Å²) in [5.41, 5.74) is 0. The molecule has 0 aliphatic carbocycles. The summed E-state index contributed by atoms with van der Waals surface area (Å²) in [4.78, 5) is 0. The van der Waals surface area contributed by atoms with Gasteiger partial charge in [-0.1, -0.05) is 19.1 Å². The molecule has 0 unspecified atom stereocenters. The summed E-state index contributed by atoms with van der Waals surface area (Å²) in [5, 5.41) is 0. The summed E-state index contributed by atoms with van der Waals surface area (Å²) < 4.78 is 0. The Morgan fingerprint density at radius 2 is 2.14 bits per heavy atom. The maximum absolute atomic E-state index is 2.14. The largest absolute Gasteiger partial charge is 0.154 e. The van der Waals surface area contributed by atoms with Crippen molar-refractivity contribution in [1.82, 2.24) is 0 Å². The van der Waals surface area contributed by atoms with Crippen molar-refractivity contribution < 1.29 is 0 Å². The summed E-state index contributed by atoms with van der Waals surface area (Å²) in [6, 6.07) is 0. The van der Waals surface area contributed by atoms with Gasteiger partial charge in [0.15, 0.2) is 0 Å². The van der Waals surface area contributed by atoms with E-state index in [0.29, 0.717) is 0 Å². The molecular weight excluding hydrogens is 104 g/mol. The van der Waals surface area contributed by atoms with Gasteiger partial charge in [-0.05, 0) is 6.92 Å². The summed E-state index contributed by atoms with van der Waals surface area (Å²) >= 11 is 1.82. The van der Waals surface area contributed by atoms with Gasteiger partial charge in [0, 0.05) is 11.5 Å². The molecule has 0 N–H and O–H groups in total. The molecule has 0 bridgehead atoms. The average Bonchev–Trinajstić information content (AvgIpc) is 1.69. The number of hydrogen-bond acceptors (Lipinski definition) is 1. The zero-order valence-electron chi connectivity index (χ0n) is 4.85. The monoisotopic (exact) mass is 115 g/mol. The van der Waals surface area contributed by atoms with Crippen LogP contribution in [0.2, 0.25) is 0 Å². The third kappa shape index (κ3) is 6.09. The van der Waals surface area contributed by atoms with Gasteiger partial charge < -0.3 is 0 Å². The second-order valence-corrected chi connectivity index (χ2v) is 2.28. The lowest BCUT2D eigenvalue weighted by Gasteiger charge is -1.84. The zero-order valence-corrected chi connectivity index (χ0v) is 5.66. The van der Waals surface area contributed by atoms with Crippen LogP contribution in [-0.2, 0) is 0 Å². The predicted octanol–water partition coefficient (Wildman–Crippen LogP) is 2.48. The van der Waals surface area contributed by atoms with E-state index >= 15 is 0 Å². The van der Waals surface area contributed by atoms with Crippen molar-refractivity contribution >= 4 is 11.8 Å². The third-order valence-electron chi connectivity index (χ3n) is 0.595. The van der Waals surface area contributed by atoms with E-state index in [4.69, 9.17) is 0 Å². The Morgan fingerprint density at radius 1 is 1.43 bits per heavy atom. The Morgan fingerprint density at radius 3 is 2.57 bits per heavy atom. The molecule has 1 heteroatoms. The third-order valence-corrected chi connectivity index (χ3v) is 1.31. The van der Waals surface area contributed by atoms with E-state index in [1.54, 1.807) is 0 Å². The van der Waals surface area contributed by atoms with Gasteiger partial charge in [-0.2, -0.15) is 11.8 Å². The number of hydrogen-bond donors (Lipinski definition) is 0. The second-order valence-electron chi connectivity index (χ2n) is 1.14.